The molecule has 0 aliphatic heterocycles. The van der Waals surface area contributed by atoms with Crippen molar-refractivity contribution in [2.24, 2.45) is 7.05 Å². The minimum atomic E-state index is -3.86. The first kappa shape index (κ1) is 20.0. The molecule has 1 aromatic heterocycles. The van der Waals surface area contributed by atoms with Crippen LogP contribution >= 0.6 is 0 Å². The summed E-state index contributed by atoms with van der Waals surface area (Å²) in [6.07, 6.45) is 0. The monoisotopic (exact) mass is 378 g/mol. The number of carbonyl (C=O) groups is 1. The van der Waals surface area contributed by atoms with E-state index in [1.807, 2.05) is 32.9 Å². The van der Waals surface area contributed by atoms with Crippen molar-refractivity contribution in [2.45, 2.75) is 46.4 Å². The van der Waals surface area contributed by atoms with Crippen LogP contribution in [-0.4, -0.2) is 25.6 Å². The quantitative estimate of drug-likeness (QED) is 0.807. The highest BCUT2D eigenvalue weighted by Gasteiger charge is 2.30. The van der Waals surface area contributed by atoms with Gasteiger partial charge in [0.15, 0.2) is 0 Å². The molecule has 1 heterocycles. The number of nitrogens with zero attached hydrogens (tertiary/aromatic N) is 1. The summed E-state index contributed by atoms with van der Waals surface area (Å²) < 4.78 is 35.5. The van der Waals surface area contributed by atoms with Crippen molar-refractivity contribution >= 4 is 21.7 Å². The number of hydrogen-bond acceptors (Lipinski definition) is 4. The van der Waals surface area contributed by atoms with Crippen molar-refractivity contribution in [2.75, 3.05) is 11.3 Å². The SMILES string of the molecule is CCOC(=O)c1c(C)c(S(=O)(=O)Nc2c(C)cc(C)cc2C)c(C)n1C. The highest BCUT2D eigenvalue weighted by molar-refractivity contribution is 7.92. The summed E-state index contributed by atoms with van der Waals surface area (Å²) in [4.78, 5) is 12.3. The van der Waals surface area contributed by atoms with Crippen molar-refractivity contribution in [3.05, 3.63) is 45.8 Å². The van der Waals surface area contributed by atoms with Crippen LogP contribution in [-0.2, 0) is 21.8 Å². The summed E-state index contributed by atoms with van der Waals surface area (Å²) in [5.74, 6) is -0.528. The Kier molecular flexibility index (Phi) is 5.51. The van der Waals surface area contributed by atoms with Crippen molar-refractivity contribution < 1.29 is 17.9 Å². The van der Waals surface area contributed by atoms with Crippen molar-refractivity contribution in [1.82, 2.24) is 4.57 Å². The van der Waals surface area contributed by atoms with E-state index in [1.165, 1.54) is 0 Å². The van der Waals surface area contributed by atoms with Crippen LogP contribution in [0.2, 0.25) is 0 Å². The Hall–Kier alpha value is -2.28. The summed E-state index contributed by atoms with van der Waals surface area (Å²) in [6, 6.07) is 3.86. The van der Waals surface area contributed by atoms with Gasteiger partial charge in [-0.3, -0.25) is 4.72 Å². The second-order valence-electron chi connectivity index (χ2n) is 6.55. The molecule has 0 bridgehead atoms. The number of aryl methyl sites for hydroxylation is 3. The van der Waals surface area contributed by atoms with Gasteiger partial charge in [0.2, 0.25) is 0 Å². The van der Waals surface area contributed by atoms with E-state index in [-0.39, 0.29) is 17.2 Å². The number of aromatic nitrogens is 1. The first-order chi connectivity index (χ1) is 12.0. The minimum absolute atomic E-state index is 0.113. The van der Waals surface area contributed by atoms with E-state index in [2.05, 4.69) is 4.72 Å². The van der Waals surface area contributed by atoms with Crippen LogP contribution in [0.3, 0.4) is 0 Å². The molecular weight excluding hydrogens is 352 g/mol. The normalized spacial score (nSPS) is 11.5. The van der Waals surface area contributed by atoms with E-state index in [1.54, 1.807) is 32.4 Å². The van der Waals surface area contributed by atoms with Gasteiger partial charge in [-0.25, -0.2) is 13.2 Å². The molecule has 6 nitrogen and oxygen atoms in total. The third-order valence-electron chi connectivity index (χ3n) is 4.51. The standard InChI is InChI=1S/C19H26N2O4S/c1-8-25-19(22)17-14(5)18(15(6)21(17)7)26(23,24)20-16-12(3)9-11(2)10-13(16)4/h9-10,20H,8H2,1-7H3. The Morgan fingerprint density at radius 2 is 1.65 bits per heavy atom. The second kappa shape index (κ2) is 7.15. The van der Waals surface area contributed by atoms with Crippen LogP contribution in [0.15, 0.2) is 17.0 Å². The zero-order chi connectivity index (χ0) is 19.8. The molecule has 7 heteroatoms. The number of benzene rings is 1. The summed E-state index contributed by atoms with van der Waals surface area (Å²) in [6.45, 7) is 11.0. The van der Waals surface area contributed by atoms with Crippen LogP contribution in [0.25, 0.3) is 0 Å². The fourth-order valence-electron chi connectivity index (χ4n) is 3.36. The van der Waals surface area contributed by atoms with E-state index >= 15 is 0 Å². The van der Waals surface area contributed by atoms with Gasteiger partial charge in [0.1, 0.15) is 10.6 Å². The molecule has 1 N–H and O–H groups in total. The molecule has 1 aromatic carbocycles. The Morgan fingerprint density at radius 1 is 1.12 bits per heavy atom. The number of ether oxygens (including phenoxy) is 1. The smallest absolute Gasteiger partial charge is 0.355 e. The summed E-state index contributed by atoms with van der Waals surface area (Å²) in [5, 5.41) is 0. The Morgan fingerprint density at radius 3 is 2.15 bits per heavy atom. The molecule has 0 atom stereocenters. The molecule has 142 valence electrons. The molecule has 2 aromatic rings. The van der Waals surface area contributed by atoms with E-state index in [9.17, 15) is 13.2 Å². The predicted molar refractivity (Wildman–Crippen MR) is 102 cm³/mol. The molecule has 0 spiro atoms. The van der Waals surface area contributed by atoms with Crippen LogP contribution in [0.4, 0.5) is 5.69 Å². The lowest BCUT2D eigenvalue weighted by molar-refractivity contribution is 0.0514. The lowest BCUT2D eigenvalue weighted by atomic mass is 10.1. The van der Waals surface area contributed by atoms with Crippen LogP contribution in [0.1, 0.15) is 45.4 Å². The number of sulfonamides is 1. The zero-order valence-corrected chi connectivity index (χ0v) is 17.2. The Balaban J connectivity index is 2.58. The molecule has 0 aliphatic carbocycles. The van der Waals surface area contributed by atoms with Gasteiger partial charge in [-0.2, -0.15) is 0 Å². The number of esters is 1. The van der Waals surface area contributed by atoms with Crippen LogP contribution in [0.5, 0.6) is 0 Å². The topological polar surface area (TPSA) is 77.4 Å². The van der Waals surface area contributed by atoms with Gasteiger partial charge < -0.3 is 9.30 Å². The summed E-state index contributed by atoms with van der Waals surface area (Å²) in [7, 11) is -2.20. The molecule has 0 unspecified atom stereocenters. The molecule has 26 heavy (non-hydrogen) atoms. The molecule has 0 saturated heterocycles. The fourth-order valence-corrected chi connectivity index (χ4v) is 5.08. The third kappa shape index (κ3) is 3.49. The minimum Gasteiger partial charge on any atom is -0.461 e. The van der Waals surface area contributed by atoms with Crippen LogP contribution in [0, 0.1) is 34.6 Å². The van der Waals surface area contributed by atoms with E-state index in [0.29, 0.717) is 16.9 Å². The number of anilines is 1. The van der Waals surface area contributed by atoms with Gasteiger partial charge in [0.25, 0.3) is 10.0 Å². The molecule has 0 amide bonds. The molecular formula is C19H26N2O4S. The first-order valence-corrected chi connectivity index (χ1v) is 9.93. The van der Waals surface area contributed by atoms with Gasteiger partial charge in [-0.15, -0.1) is 0 Å². The largest absolute Gasteiger partial charge is 0.461 e. The molecule has 0 saturated carbocycles. The predicted octanol–water partition coefficient (Wildman–Crippen LogP) is 3.54. The highest BCUT2D eigenvalue weighted by Crippen LogP contribution is 2.30. The third-order valence-corrected chi connectivity index (χ3v) is 6.13. The molecule has 0 radical (unpaired) electrons. The molecule has 2 rings (SSSR count). The van der Waals surface area contributed by atoms with Crippen molar-refractivity contribution in [1.29, 1.82) is 0 Å². The Bertz CT molecular complexity index is 949. The molecule has 0 fully saturated rings. The number of carbonyl (C=O) groups excluding carboxylic acids is 1. The average Bonchev–Trinajstić information content (AvgIpc) is 2.73. The Labute approximate surface area is 155 Å². The fraction of sp³-hybridized carbons (Fsp3) is 0.421. The average molecular weight is 378 g/mol. The van der Waals surface area contributed by atoms with Gasteiger partial charge in [0.05, 0.1) is 12.3 Å². The highest BCUT2D eigenvalue weighted by atomic mass is 32.2. The van der Waals surface area contributed by atoms with Gasteiger partial charge in [-0.05, 0) is 52.7 Å². The molecule has 0 aliphatic rings. The maximum absolute atomic E-state index is 13.1. The zero-order valence-electron chi connectivity index (χ0n) is 16.4. The summed E-state index contributed by atoms with van der Waals surface area (Å²) >= 11 is 0. The van der Waals surface area contributed by atoms with Gasteiger partial charge in [-0.1, -0.05) is 17.7 Å². The number of hydrogen-bond donors (Lipinski definition) is 1. The number of nitrogens with one attached hydrogen (secondary N) is 1. The van der Waals surface area contributed by atoms with Crippen molar-refractivity contribution in [3.8, 4) is 0 Å². The summed E-state index contributed by atoms with van der Waals surface area (Å²) in [5.41, 5.74) is 4.46. The number of rotatable bonds is 5. The van der Waals surface area contributed by atoms with Crippen molar-refractivity contribution in [3.63, 3.8) is 0 Å². The first-order valence-electron chi connectivity index (χ1n) is 8.44. The van der Waals surface area contributed by atoms with E-state index in [4.69, 9.17) is 4.74 Å². The second-order valence-corrected chi connectivity index (χ2v) is 8.17. The maximum Gasteiger partial charge on any atom is 0.355 e. The van der Waals surface area contributed by atoms with E-state index < -0.39 is 16.0 Å². The van der Waals surface area contributed by atoms with Crippen LogP contribution < -0.4 is 4.72 Å². The maximum atomic E-state index is 13.1. The van der Waals surface area contributed by atoms with E-state index in [0.717, 1.165) is 16.7 Å². The lowest BCUT2D eigenvalue weighted by Crippen LogP contribution is -2.16. The van der Waals surface area contributed by atoms with Gasteiger partial charge in [0, 0.05) is 18.3 Å². The van der Waals surface area contributed by atoms with Gasteiger partial charge >= 0.3 is 5.97 Å². The lowest BCUT2D eigenvalue weighted by Gasteiger charge is -2.15.